The van der Waals surface area contributed by atoms with Crippen molar-refractivity contribution in [2.24, 2.45) is 0 Å². The van der Waals surface area contributed by atoms with Crippen LogP contribution in [-0.2, 0) is 4.74 Å². The van der Waals surface area contributed by atoms with Gasteiger partial charge in [0, 0.05) is 24.8 Å². The molecule has 1 aromatic rings. The minimum Gasteiger partial charge on any atom is -0.393 e. The lowest BCUT2D eigenvalue weighted by Crippen LogP contribution is -2.37. The van der Waals surface area contributed by atoms with E-state index in [0.717, 1.165) is 50.1 Å². The molecule has 24 heavy (non-hydrogen) atoms. The average Bonchev–Trinajstić information content (AvgIpc) is 2.54. The summed E-state index contributed by atoms with van der Waals surface area (Å²) < 4.78 is 5.79. The number of nitriles is 1. The van der Waals surface area contributed by atoms with Gasteiger partial charge in [0.15, 0.2) is 0 Å². The van der Waals surface area contributed by atoms with E-state index in [0.29, 0.717) is 11.6 Å². The Morgan fingerprint density at radius 2 is 1.88 bits per heavy atom. The van der Waals surface area contributed by atoms with Gasteiger partial charge in [-0.2, -0.15) is 5.26 Å². The van der Waals surface area contributed by atoms with E-state index in [2.05, 4.69) is 36.2 Å². The second-order valence-corrected chi connectivity index (χ2v) is 7.13. The average molecular weight is 329 g/mol. The summed E-state index contributed by atoms with van der Waals surface area (Å²) >= 11 is 0. The first-order valence-corrected chi connectivity index (χ1v) is 8.94. The van der Waals surface area contributed by atoms with Crippen LogP contribution in [0.25, 0.3) is 0 Å². The SMILES string of the molecule is CC1CC(Nc2ccc(N3CCC(O)CC3)c(C#N)c2)CC(C)O1. The van der Waals surface area contributed by atoms with Crippen LogP contribution in [0.5, 0.6) is 0 Å². The second-order valence-electron chi connectivity index (χ2n) is 7.13. The maximum absolute atomic E-state index is 9.66. The highest BCUT2D eigenvalue weighted by Gasteiger charge is 2.25. The molecule has 2 saturated heterocycles. The molecule has 0 aromatic heterocycles. The summed E-state index contributed by atoms with van der Waals surface area (Å²) in [5.74, 6) is 0. The quantitative estimate of drug-likeness (QED) is 0.892. The van der Waals surface area contributed by atoms with Gasteiger partial charge in [-0.1, -0.05) is 0 Å². The summed E-state index contributed by atoms with van der Waals surface area (Å²) in [6.45, 7) is 5.83. The molecule has 2 aliphatic rings. The van der Waals surface area contributed by atoms with Gasteiger partial charge in [-0.3, -0.25) is 0 Å². The van der Waals surface area contributed by atoms with Gasteiger partial charge in [-0.15, -0.1) is 0 Å². The Labute approximate surface area is 144 Å². The van der Waals surface area contributed by atoms with Crippen molar-refractivity contribution in [1.82, 2.24) is 0 Å². The van der Waals surface area contributed by atoms with Gasteiger partial charge in [0.2, 0.25) is 0 Å². The third-order valence-electron chi connectivity index (χ3n) is 4.99. The molecule has 2 fully saturated rings. The van der Waals surface area contributed by atoms with Gasteiger partial charge in [-0.05, 0) is 57.7 Å². The number of aliphatic hydroxyl groups is 1. The Kier molecular flexibility index (Phi) is 5.27. The van der Waals surface area contributed by atoms with Crippen LogP contribution in [0.2, 0.25) is 0 Å². The monoisotopic (exact) mass is 329 g/mol. The van der Waals surface area contributed by atoms with Crippen LogP contribution < -0.4 is 10.2 Å². The zero-order valence-corrected chi connectivity index (χ0v) is 14.5. The highest BCUT2D eigenvalue weighted by atomic mass is 16.5. The van der Waals surface area contributed by atoms with Crippen LogP contribution in [0.3, 0.4) is 0 Å². The molecular weight excluding hydrogens is 302 g/mol. The third kappa shape index (κ3) is 4.00. The number of benzene rings is 1. The maximum atomic E-state index is 9.66. The minimum absolute atomic E-state index is 0.203. The Bertz CT molecular complexity index is 595. The van der Waals surface area contributed by atoms with Gasteiger partial charge < -0.3 is 20.1 Å². The van der Waals surface area contributed by atoms with E-state index in [9.17, 15) is 10.4 Å². The predicted molar refractivity (Wildman–Crippen MR) is 95.3 cm³/mol. The van der Waals surface area contributed by atoms with Crippen molar-refractivity contribution < 1.29 is 9.84 Å². The molecule has 2 aliphatic heterocycles. The summed E-state index contributed by atoms with van der Waals surface area (Å²) in [5, 5.41) is 22.8. The lowest BCUT2D eigenvalue weighted by atomic mass is 9.99. The van der Waals surface area contributed by atoms with Gasteiger partial charge in [-0.25, -0.2) is 0 Å². The lowest BCUT2D eigenvalue weighted by molar-refractivity contribution is -0.0337. The fraction of sp³-hybridized carbons (Fsp3) is 0.632. The number of rotatable bonds is 3. The topological polar surface area (TPSA) is 68.5 Å². The molecule has 2 N–H and O–H groups in total. The van der Waals surface area contributed by atoms with E-state index in [4.69, 9.17) is 4.74 Å². The zero-order valence-electron chi connectivity index (χ0n) is 14.5. The Balaban J connectivity index is 1.71. The van der Waals surface area contributed by atoms with E-state index >= 15 is 0 Å². The number of anilines is 2. The van der Waals surface area contributed by atoms with E-state index in [-0.39, 0.29) is 18.3 Å². The Hall–Kier alpha value is -1.77. The van der Waals surface area contributed by atoms with Crippen LogP contribution in [0.4, 0.5) is 11.4 Å². The minimum atomic E-state index is -0.203. The van der Waals surface area contributed by atoms with E-state index in [1.165, 1.54) is 0 Å². The highest BCUT2D eigenvalue weighted by molar-refractivity contribution is 5.65. The second kappa shape index (κ2) is 7.42. The summed E-state index contributed by atoms with van der Waals surface area (Å²) in [5.41, 5.74) is 2.67. The van der Waals surface area contributed by atoms with Crippen LogP contribution in [0.1, 0.15) is 45.1 Å². The van der Waals surface area contributed by atoms with Crippen LogP contribution in [0.15, 0.2) is 18.2 Å². The molecule has 0 aliphatic carbocycles. The van der Waals surface area contributed by atoms with E-state index in [1.807, 2.05) is 12.1 Å². The van der Waals surface area contributed by atoms with Crippen molar-refractivity contribution in [3.63, 3.8) is 0 Å². The van der Waals surface area contributed by atoms with E-state index in [1.54, 1.807) is 0 Å². The van der Waals surface area contributed by atoms with Crippen molar-refractivity contribution in [1.29, 1.82) is 5.26 Å². The number of nitrogens with zero attached hydrogens (tertiary/aromatic N) is 2. The van der Waals surface area contributed by atoms with Crippen molar-refractivity contribution in [2.45, 2.75) is 63.9 Å². The normalized spacial score (nSPS) is 28.4. The van der Waals surface area contributed by atoms with Crippen LogP contribution >= 0.6 is 0 Å². The van der Waals surface area contributed by atoms with Crippen molar-refractivity contribution >= 4 is 11.4 Å². The standard InChI is InChI=1S/C19H27N3O2/c1-13-9-17(10-14(2)24-13)21-16-3-4-19(15(11-16)12-20)22-7-5-18(23)6-8-22/h3-4,11,13-14,17-18,21,23H,5-10H2,1-2H3. The van der Waals surface area contributed by atoms with Gasteiger partial charge in [0.05, 0.1) is 29.6 Å². The largest absolute Gasteiger partial charge is 0.393 e. The summed E-state index contributed by atoms with van der Waals surface area (Å²) in [6.07, 6.45) is 3.83. The Morgan fingerprint density at radius 3 is 2.50 bits per heavy atom. The van der Waals surface area contributed by atoms with E-state index < -0.39 is 0 Å². The molecule has 5 nitrogen and oxygen atoms in total. The summed E-state index contributed by atoms with van der Waals surface area (Å²) in [4.78, 5) is 2.20. The molecule has 0 bridgehead atoms. The van der Waals surface area contributed by atoms with Gasteiger partial charge >= 0.3 is 0 Å². The molecule has 0 spiro atoms. The van der Waals surface area contributed by atoms with Crippen molar-refractivity contribution in [2.75, 3.05) is 23.3 Å². The molecule has 0 saturated carbocycles. The molecular formula is C19H27N3O2. The molecule has 5 heteroatoms. The smallest absolute Gasteiger partial charge is 0.101 e. The first-order valence-electron chi connectivity index (χ1n) is 8.94. The predicted octanol–water partition coefficient (Wildman–Crippen LogP) is 2.89. The number of piperidine rings is 1. The number of hydrogen-bond donors (Lipinski definition) is 2. The van der Waals surface area contributed by atoms with Crippen LogP contribution in [-0.4, -0.2) is 42.5 Å². The number of ether oxygens (including phenoxy) is 1. The molecule has 2 heterocycles. The van der Waals surface area contributed by atoms with Crippen LogP contribution in [0, 0.1) is 11.3 Å². The molecule has 2 atom stereocenters. The molecule has 3 rings (SSSR count). The molecule has 130 valence electrons. The molecule has 2 unspecified atom stereocenters. The third-order valence-corrected chi connectivity index (χ3v) is 4.99. The summed E-state index contributed by atoms with van der Waals surface area (Å²) in [7, 11) is 0. The number of hydrogen-bond acceptors (Lipinski definition) is 5. The zero-order chi connectivity index (χ0) is 17.1. The van der Waals surface area contributed by atoms with Crippen molar-refractivity contribution in [3.8, 4) is 6.07 Å². The molecule has 0 amide bonds. The number of aliphatic hydroxyl groups excluding tert-OH is 1. The first-order chi connectivity index (χ1) is 11.5. The summed E-state index contributed by atoms with van der Waals surface area (Å²) in [6, 6.07) is 8.75. The molecule has 1 aromatic carbocycles. The van der Waals surface area contributed by atoms with Gasteiger partial charge in [0.25, 0.3) is 0 Å². The lowest BCUT2D eigenvalue weighted by Gasteiger charge is -2.34. The fourth-order valence-corrected chi connectivity index (χ4v) is 3.86. The first kappa shape index (κ1) is 17.1. The Morgan fingerprint density at radius 1 is 1.21 bits per heavy atom. The number of nitrogens with one attached hydrogen (secondary N) is 1. The molecule has 0 radical (unpaired) electrons. The highest BCUT2D eigenvalue weighted by Crippen LogP contribution is 2.28. The van der Waals surface area contributed by atoms with Crippen molar-refractivity contribution in [3.05, 3.63) is 23.8 Å². The fourth-order valence-electron chi connectivity index (χ4n) is 3.86. The van der Waals surface area contributed by atoms with Gasteiger partial charge in [0.1, 0.15) is 6.07 Å². The maximum Gasteiger partial charge on any atom is 0.101 e.